The van der Waals surface area contributed by atoms with Gasteiger partial charge in [0.15, 0.2) is 0 Å². The first kappa shape index (κ1) is 9.22. The summed E-state index contributed by atoms with van der Waals surface area (Å²) >= 11 is 3.49. The SMILES string of the molecule is CC1(Cc2cccc(Br)c2)CNC1. The Bertz CT molecular complexity index is 305. The first-order valence-electron chi connectivity index (χ1n) is 4.63. The average Bonchev–Trinajstić information content (AvgIpc) is 2.01. The summed E-state index contributed by atoms with van der Waals surface area (Å²) in [6.07, 6.45) is 1.18. The summed E-state index contributed by atoms with van der Waals surface area (Å²) in [6, 6.07) is 8.59. The van der Waals surface area contributed by atoms with Gasteiger partial charge in [0.05, 0.1) is 0 Å². The third-order valence-corrected chi connectivity index (χ3v) is 3.12. The van der Waals surface area contributed by atoms with Crippen LogP contribution in [0.2, 0.25) is 0 Å². The van der Waals surface area contributed by atoms with Crippen LogP contribution in [0.3, 0.4) is 0 Å². The zero-order valence-corrected chi connectivity index (χ0v) is 9.39. The summed E-state index contributed by atoms with van der Waals surface area (Å²) in [5.74, 6) is 0. The molecule has 1 fully saturated rings. The van der Waals surface area contributed by atoms with E-state index in [2.05, 4.69) is 52.4 Å². The molecule has 1 aliphatic heterocycles. The van der Waals surface area contributed by atoms with Crippen LogP contribution in [0.5, 0.6) is 0 Å². The van der Waals surface area contributed by atoms with E-state index in [0.717, 1.165) is 13.1 Å². The van der Waals surface area contributed by atoms with Crippen molar-refractivity contribution in [2.24, 2.45) is 5.41 Å². The van der Waals surface area contributed by atoms with Crippen LogP contribution in [-0.4, -0.2) is 13.1 Å². The van der Waals surface area contributed by atoms with Gasteiger partial charge in [-0.3, -0.25) is 0 Å². The molecule has 0 amide bonds. The lowest BCUT2D eigenvalue weighted by Gasteiger charge is -2.39. The molecule has 1 aromatic carbocycles. The molecule has 2 rings (SSSR count). The van der Waals surface area contributed by atoms with Crippen molar-refractivity contribution in [1.82, 2.24) is 5.32 Å². The van der Waals surface area contributed by atoms with Crippen LogP contribution < -0.4 is 5.32 Å². The Balaban J connectivity index is 2.09. The maximum Gasteiger partial charge on any atom is 0.0177 e. The summed E-state index contributed by atoms with van der Waals surface area (Å²) in [4.78, 5) is 0. The third-order valence-electron chi connectivity index (χ3n) is 2.62. The van der Waals surface area contributed by atoms with Crippen molar-refractivity contribution < 1.29 is 0 Å². The molecule has 0 aromatic heterocycles. The molecular formula is C11H14BrN. The van der Waals surface area contributed by atoms with Crippen molar-refractivity contribution >= 4 is 15.9 Å². The number of benzene rings is 1. The molecule has 13 heavy (non-hydrogen) atoms. The third kappa shape index (κ3) is 2.12. The zero-order valence-electron chi connectivity index (χ0n) is 7.81. The van der Waals surface area contributed by atoms with E-state index in [1.54, 1.807) is 0 Å². The van der Waals surface area contributed by atoms with Gasteiger partial charge in [-0.05, 0) is 29.5 Å². The molecule has 1 saturated heterocycles. The first-order valence-corrected chi connectivity index (χ1v) is 5.42. The van der Waals surface area contributed by atoms with Crippen LogP contribution >= 0.6 is 15.9 Å². The topological polar surface area (TPSA) is 12.0 Å². The van der Waals surface area contributed by atoms with Gasteiger partial charge in [-0.1, -0.05) is 35.0 Å². The van der Waals surface area contributed by atoms with Gasteiger partial charge in [0.2, 0.25) is 0 Å². The van der Waals surface area contributed by atoms with Crippen molar-refractivity contribution in [2.75, 3.05) is 13.1 Å². The van der Waals surface area contributed by atoms with E-state index in [1.165, 1.54) is 16.5 Å². The molecule has 0 bridgehead atoms. The predicted molar refractivity (Wildman–Crippen MR) is 58.8 cm³/mol. The van der Waals surface area contributed by atoms with Crippen LogP contribution in [0.4, 0.5) is 0 Å². The highest BCUT2D eigenvalue weighted by Gasteiger charge is 2.31. The molecule has 1 aliphatic rings. The van der Waals surface area contributed by atoms with Crippen molar-refractivity contribution in [1.29, 1.82) is 0 Å². The number of halogens is 1. The van der Waals surface area contributed by atoms with Crippen LogP contribution in [0.25, 0.3) is 0 Å². The molecule has 1 nitrogen and oxygen atoms in total. The highest BCUT2D eigenvalue weighted by Crippen LogP contribution is 2.27. The quantitative estimate of drug-likeness (QED) is 0.837. The molecule has 70 valence electrons. The fourth-order valence-electron chi connectivity index (χ4n) is 1.82. The lowest BCUT2D eigenvalue weighted by molar-refractivity contribution is 0.195. The summed E-state index contributed by atoms with van der Waals surface area (Å²) in [5.41, 5.74) is 1.92. The molecule has 0 atom stereocenters. The van der Waals surface area contributed by atoms with Crippen LogP contribution in [-0.2, 0) is 6.42 Å². The van der Waals surface area contributed by atoms with Gasteiger partial charge in [-0.25, -0.2) is 0 Å². The summed E-state index contributed by atoms with van der Waals surface area (Å²) in [5, 5.41) is 3.32. The maximum atomic E-state index is 3.49. The zero-order chi connectivity index (χ0) is 9.31. The lowest BCUT2D eigenvalue weighted by atomic mass is 9.78. The number of hydrogen-bond donors (Lipinski definition) is 1. The summed E-state index contributed by atoms with van der Waals surface area (Å²) in [7, 11) is 0. The second-order valence-electron chi connectivity index (χ2n) is 4.22. The molecule has 0 unspecified atom stereocenters. The van der Waals surface area contributed by atoms with Gasteiger partial charge >= 0.3 is 0 Å². The van der Waals surface area contributed by atoms with E-state index >= 15 is 0 Å². The molecule has 1 heterocycles. The van der Waals surface area contributed by atoms with E-state index < -0.39 is 0 Å². The molecule has 1 aromatic rings. The molecule has 0 aliphatic carbocycles. The minimum Gasteiger partial charge on any atom is -0.316 e. The van der Waals surface area contributed by atoms with E-state index in [9.17, 15) is 0 Å². The van der Waals surface area contributed by atoms with E-state index in [-0.39, 0.29) is 0 Å². The molecule has 0 saturated carbocycles. The van der Waals surface area contributed by atoms with Gasteiger partial charge in [0, 0.05) is 17.6 Å². The molecule has 2 heteroatoms. The number of rotatable bonds is 2. The summed E-state index contributed by atoms with van der Waals surface area (Å²) < 4.78 is 1.18. The Morgan fingerprint density at radius 2 is 2.23 bits per heavy atom. The van der Waals surface area contributed by atoms with Gasteiger partial charge in [0.25, 0.3) is 0 Å². The normalized spacial score (nSPS) is 19.5. The fraction of sp³-hybridized carbons (Fsp3) is 0.455. The van der Waals surface area contributed by atoms with E-state index in [4.69, 9.17) is 0 Å². The molecule has 1 N–H and O–H groups in total. The standard InChI is InChI=1S/C11H14BrN/c1-11(7-13-8-11)6-9-3-2-4-10(12)5-9/h2-5,13H,6-8H2,1H3. The smallest absolute Gasteiger partial charge is 0.0177 e. The average molecular weight is 240 g/mol. The molecular weight excluding hydrogens is 226 g/mol. The van der Waals surface area contributed by atoms with Gasteiger partial charge in [-0.15, -0.1) is 0 Å². The Hall–Kier alpha value is -0.340. The minimum atomic E-state index is 0.487. The number of nitrogens with one attached hydrogen (secondary N) is 1. The molecule has 0 radical (unpaired) electrons. The van der Waals surface area contributed by atoms with E-state index in [1.807, 2.05) is 0 Å². The van der Waals surface area contributed by atoms with Gasteiger partial charge in [0.1, 0.15) is 0 Å². The van der Waals surface area contributed by atoms with Crippen LogP contribution in [0.15, 0.2) is 28.7 Å². The minimum absolute atomic E-state index is 0.487. The second-order valence-corrected chi connectivity index (χ2v) is 5.14. The first-order chi connectivity index (χ1) is 6.18. The second kappa shape index (κ2) is 3.43. The van der Waals surface area contributed by atoms with Gasteiger partial charge in [-0.2, -0.15) is 0 Å². The Kier molecular flexibility index (Phi) is 2.43. The fourth-order valence-corrected chi connectivity index (χ4v) is 2.26. The highest BCUT2D eigenvalue weighted by atomic mass is 79.9. The van der Waals surface area contributed by atoms with Crippen molar-refractivity contribution in [2.45, 2.75) is 13.3 Å². The molecule has 0 spiro atoms. The predicted octanol–water partition coefficient (Wildman–Crippen LogP) is 2.60. The largest absolute Gasteiger partial charge is 0.316 e. The number of hydrogen-bond acceptors (Lipinski definition) is 1. The monoisotopic (exact) mass is 239 g/mol. The lowest BCUT2D eigenvalue weighted by Crippen LogP contribution is -2.52. The van der Waals surface area contributed by atoms with E-state index in [0.29, 0.717) is 5.41 Å². The van der Waals surface area contributed by atoms with Crippen LogP contribution in [0, 0.1) is 5.41 Å². The Labute approximate surface area is 87.7 Å². The summed E-state index contributed by atoms with van der Waals surface area (Å²) in [6.45, 7) is 4.64. The Morgan fingerprint density at radius 3 is 2.77 bits per heavy atom. The van der Waals surface area contributed by atoms with Crippen molar-refractivity contribution in [3.63, 3.8) is 0 Å². The Morgan fingerprint density at radius 1 is 1.46 bits per heavy atom. The van der Waals surface area contributed by atoms with Gasteiger partial charge < -0.3 is 5.32 Å². The van der Waals surface area contributed by atoms with Crippen molar-refractivity contribution in [3.05, 3.63) is 34.3 Å². The van der Waals surface area contributed by atoms with Crippen LogP contribution in [0.1, 0.15) is 12.5 Å². The highest BCUT2D eigenvalue weighted by molar-refractivity contribution is 9.10. The van der Waals surface area contributed by atoms with Crippen molar-refractivity contribution in [3.8, 4) is 0 Å². The maximum absolute atomic E-state index is 3.49.